The molecule has 2 aromatic rings. The van der Waals surface area contributed by atoms with Gasteiger partial charge in [-0.1, -0.05) is 11.6 Å². The van der Waals surface area contributed by atoms with Crippen LogP contribution in [0, 0.1) is 0 Å². The Morgan fingerprint density at radius 2 is 2.10 bits per heavy atom. The zero-order valence-corrected chi connectivity index (χ0v) is 12.9. The maximum absolute atomic E-state index is 11.7. The molecule has 1 amide bonds. The average Bonchev–Trinajstić information content (AvgIpc) is 2.80. The van der Waals surface area contributed by atoms with Gasteiger partial charge >= 0.3 is 0 Å². The van der Waals surface area contributed by atoms with Gasteiger partial charge in [-0.05, 0) is 32.2 Å². The Kier molecular flexibility index (Phi) is 4.30. The van der Waals surface area contributed by atoms with E-state index in [2.05, 4.69) is 9.97 Å². The molecule has 1 heterocycles. The number of amides is 1. The molecule has 0 unspecified atom stereocenters. The highest BCUT2D eigenvalue weighted by Gasteiger charge is 2.18. The lowest BCUT2D eigenvalue weighted by Crippen LogP contribution is -2.36. The Bertz CT molecular complexity index is 623. The van der Waals surface area contributed by atoms with Crippen LogP contribution in [-0.4, -0.2) is 53.4 Å². The molecule has 0 aliphatic heterocycles. The minimum atomic E-state index is 0.0186. The number of benzene rings is 1. The van der Waals surface area contributed by atoms with Gasteiger partial charge in [0, 0.05) is 19.1 Å². The van der Waals surface area contributed by atoms with Gasteiger partial charge in [0.1, 0.15) is 5.82 Å². The van der Waals surface area contributed by atoms with E-state index in [9.17, 15) is 4.79 Å². The fourth-order valence-corrected chi connectivity index (χ4v) is 2.07. The van der Waals surface area contributed by atoms with E-state index >= 15 is 0 Å². The summed E-state index contributed by atoms with van der Waals surface area (Å²) in [6.45, 7) is 2.37. The lowest BCUT2D eigenvalue weighted by molar-refractivity contribution is -0.130. The molecule has 108 valence electrons. The van der Waals surface area contributed by atoms with Gasteiger partial charge in [-0.15, -0.1) is 0 Å². The Morgan fingerprint density at radius 3 is 2.75 bits per heavy atom. The number of halogens is 1. The van der Waals surface area contributed by atoms with Crippen LogP contribution in [0.2, 0.25) is 5.02 Å². The molecule has 0 saturated heterocycles. The summed E-state index contributed by atoms with van der Waals surface area (Å²) in [6, 6.07) is 5.57. The third kappa shape index (κ3) is 3.11. The van der Waals surface area contributed by atoms with Gasteiger partial charge in [0.05, 0.1) is 23.6 Å². The minimum absolute atomic E-state index is 0.0186. The van der Waals surface area contributed by atoms with Crippen LogP contribution in [0.3, 0.4) is 0 Å². The van der Waals surface area contributed by atoms with Crippen LogP contribution in [0.15, 0.2) is 18.2 Å². The van der Waals surface area contributed by atoms with Crippen molar-refractivity contribution in [3.63, 3.8) is 0 Å². The molecule has 0 aliphatic carbocycles. The Balaban J connectivity index is 2.18. The molecule has 0 fully saturated rings. The van der Waals surface area contributed by atoms with E-state index in [0.717, 1.165) is 16.9 Å². The summed E-state index contributed by atoms with van der Waals surface area (Å²) >= 11 is 5.97. The lowest BCUT2D eigenvalue weighted by Gasteiger charge is -2.23. The maximum atomic E-state index is 11.7. The summed E-state index contributed by atoms with van der Waals surface area (Å²) in [5, 5.41) is 0.677. The standard InChI is InChI=1S/C14H19ClN4O/c1-9(19(4)8-13(20)18(2)3)14-16-11-6-5-10(15)7-12(11)17-14/h5-7,9H,8H2,1-4H3,(H,16,17)/t9-/m0/s1. The van der Waals surface area contributed by atoms with Crippen molar-refractivity contribution in [2.24, 2.45) is 0 Å². The molecule has 20 heavy (non-hydrogen) atoms. The summed E-state index contributed by atoms with van der Waals surface area (Å²) in [5.41, 5.74) is 1.79. The highest BCUT2D eigenvalue weighted by molar-refractivity contribution is 6.31. The fraction of sp³-hybridized carbons (Fsp3) is 0.429. The predicted octanol–water partition coefficient (Wildman–Crippen LogP) is 2.30. The molecule has 1 N–H and O–H groups in total. The van der Waals surface area contributed by atoms with Gasteiger partial charge in [0.25, 0.3) is 0 Å². The minimum Gasteiger partial charge on any atom is -0.348 e. The molecule has 1 aromatic carbocycles. The van der Waals surface area contributed by atoms with Crippen molar-refractivity contribution in [3.05, 3.63) is 29.0 Å². The van der Waals surface area contributed by atoms with Crippen LogP contribution >= 0.6 is 11.6 Å². The highest BCUT2D eigenvalue weighted by Crippen LogP contribution is 2.22. The average molecular weight is 295 g/mol. The Morgan fingerprint density at radius 1 is 1.40 bits per heavy atom. The summed E-state index contributed by atoms with van der Waals surface area (Å²) in [5.74, 6) is 0.898. The molecule has 1 aromatic heterocycles. The molecule has 1 atom stereocenters. The normalized spacial score (nSPS) is 12.9. The number of aromatic amines is 1. The van der Waals surface area contributed by atoms with Gasteiger partial charge in [0.15, 0.2) is 0 Å². The van der Waals surface area contributed by atoms with E-state index in [1.807, 2.05) is 37.1 Å². The van der Waals surface area contributed by atoms with Crippen molar-refractivity contribution in [2.45, 2.75) is 13.0 Å². The second-order valence-corrected chi connectivity index (χ2v) is 5.60. The lowest BCUT2D eigenvalue weighted by atomic mass is 10.3. The maximum Gasteiger partial charge on any atom is 0.236 e. The van der Waals surface area contributed by atoms with Crippen LogP contribution in [0.5, 0.6) is 0 Å². The van der Waals surface area contributed by atoms with Crippen molar-refractivity contribution >= 4 is 28.5 Å². The molecule has 2 rings (SSSR count). The van der Waals surface area contributed by atoms with E-state index in [4.69, 9.17) is 11.6 Å². The number of hydrogen-bond acceptors (Lipinski definition) is 3. The molecule has 0 saturated carbocycles. The monoisotopic (exact) mass is 294 g/mol. The topological polar surface area (TPSA) is 52.2 Å². The zero-order chi connectivity index (χ0) is 14.9. The number of imidazole rings is 1. The largest absolute Gasteiger partial charge is 0.348 e. The number of nitrogens with one attached hydrogen (secondary N) is 1. The highest BCUT2D eigenvalue weighted by atomic mass is 35.5. The van der Waals surface area contributed by atoms with Crippen LogP contribution in [-0.2, 0) is 4.79 Å². The summed E-state index contributed by atoms with van der Waals surface area (Å²) in [6.07, 6.45) is 0. The van der Waals surface area contributed by atoms with Crippen molar-refractivity contribution in [3.8, 4) is 0 Å². The number of nitrogens with zero attached hydrogens (tertiary/aromatic N) is 3. The van der Waals surface area contributed by atoms with Crippen LogP contribution in [0.4, 0.5) is 0 Å². The molecule has 5 nitrogen and oxygen atoms in total. The molecule has 6 heteroatoms. The first-order valence-corrected chi connectivity index (χ1v) is 6.82. The van der Waals surface area contributed by atoms with Gasteiger partial charge in [-0.25, -0.2) is 4.98 Å². The Labute approximate surface area is 123 Å². The zero-order valence-electron chi connectivity index (χ0n) is 12.1. The number of aromatic nitrogens is 2. The van der Waals surface area contributed by atoms with Gasteiger partial charge in [0.2, 0.25) is 5.91 Å². The second-order valence-electron chi connectivity index (χ2n) is 5.16. The second kappa shape index (κ2) is 5.81. The first-order chi connectivity index (χ1) is 9.38. The number of H-pyrrole nitrogens is 1. The van der Waals surface area contributed by atoms with E-state index < -0.39 is 0 Å². The summed E-state index contributed by atoms with van der Waals surface area (Å²) in [7, 11) is 5.42. The summed E-state index contributed by atoms with van der Waals surface area (Å²) < 4.78 is 0. The number of carbonyl (C=O) groups excluding carboxylic acids is 1. The van der Waals surface area contributed by atoms with Crippen molar-refractivity contribution in [2.75, 3.05) is 27.7 Å². The predicted molar refractivity (Wildman–Crippen MR) is 80.8 cm³/mol. The number of likely N-dealkylation sites (N-methyl/N-ethyl adjacent to an activating group) is 2. The molecule has 0 radical (unpaired) electrons. The van der Waals surface area contributed by atoms with Crippen molar-refractivity contribution in [1.29, 1.82) is 0 Å². The third-order valence-corrected chi connectivity index (χ3v) is 3.64. The smallest absolute Gasteiger partial charge is 0.236 e. The summed E-state index contributed by atoms with van der Waals surface area (Å²) in [4.78, 5) is 23.1. The SMILES string of the molecule is C[C@@H](c1nc2ccc(Cl)cc2[nH]1)N(C)CC(=O)N(C)C. The van der Waals surface area contributed by atoms with Gasteiger partial charge in [-0.3, -0.25) is 9.69 Å². The quantitative estimate of drug-likeness (QED) is 0.941. The van der Waals surface area contributed by atoms with Crippen LogP contribution in [0.25, 0.3) is 11.0 Å². The van der Waals surface area contributed by atoms with E-state index in [0.29, 0.717) is 11.6 Å². The van der Waals surface area contributed by atoms with E-state index in [1.165, 1.54) is 0 Å². The van der Waals surface area contributed by atoms with E-state index in [1.54, 1.807) is 19.0 Å². The molecule has 0 bridgehead atoms. The fourth-order valence-electron chi connectivity index (χ4n) is 1.90. The first kappa shape index (κ1) is 14.8. The van der Waals surface area contributed by atoms with Gasteiger partial charge < -0.3 is 9.88 Å². The number of fused-ring (bicyclic) bond motifs is 1. The van der Waals surface area contributed by atoms with Crippen LogP contribution < -0.4 is 0 Å². The number of hydrogen-bond donors (Lipinski definition) is 1. The van der Waals surface area contributed by atoms with E-state index in [-0.39, 0.29) is 11.9 Å². The van der Waals surface area contributed by atoms with Crippen molar-refractivity contribution < 1.29 is 4.79 Å². The van der Waals surface area contributed by atoms with Crippen molar-refractivity contribution in [1.82, 2.24) is 19.8 Å². The van der Waals surface area contributed by atoms with Gasteiger partial charge in [-0.2, -0.15) is 0 Å². The molecular weight excluding hydrogens is 276 g/mol. The third-order valence-electron chi connectivity index (χ3n) is 3.40. The first-order valence-electron chi connectivity index (χ1n) is 6.44. The number of carbonyl (C=O) groups is 1. The Hall–Kier alpha value is -1.59. The number of rotatable bonds is 4. The molecular formula is C14H19ClN4O. The molecule has 0 spiro atoms. The van der Waals surface area contributed by atoms with Crippen LogP contribution in [0.1, 0.15) is 18.8 Å². The molecule has 0 aliphatic rings.